The second-order valence-corrected chi connectivity index (χ2v) is 8.32. The quantitative estimate of drug-likeness (QED) is 0.923. The molecule has 1 saturated heterocycles. The lowest BCUT2D eigenvalue weighted by molar-refractivity contribution is 0.0943. The van der Waals surface area contributed by atoms with E-state index in [0.29, 0.717) is 31.1 Å². The zero-order valence-corrected chi connectivity index (χ0v) is 14.6. The number of rotatable bonds is 4. The van der Waals surface area contributed by atoms with E-state index in [1.807, 2.05) is 42.5 Å². The summed E-state index contributed by atoms with van der Waals surface area (Å²) in [5, 5.41) is 5.00. The van der Waals surface area contributed by atoms with Gasteiger partial charge in [0.25, 0.3) is 5.91 Å². The van der Waals surface area contributed by atoms with Crippen molar-refractivity contribution >= 4 is 26.7 Å². The van der Waals surface area contributed by atoms with E-state index in [1.165, 1.54) is 10.6 Å². The van der Waals surface area contributed by atoms with Crippen LogP contribution in [0.2, 0.25) is 0 Å². The number of hydrogen-bond acceptors (Lipinski definition) is 3. The Kier molecular flexibility index (Phi) is 4.87. The minimum absolute atomic E-state index is 0.0719. The topological polar surface area (TPSA) is 66.5 Å². The summed E-state index contributed by atoms with van der Waals surface area (Å²) in [6, 6.07) is 13.6. The van der Waals surface area contributed by atoms with Crippen LogP contribution in [0.4, 0.5) is 0 Å². The first-order chi connectivity index (χ1) is 11.4. The number of benzene rings is 2. The molecular weight excluding hydrogens is 324 g/mol. The molecule has 2 aromatic carbocycles. The fraction of sp³-hybridized carbons (Fsp3) is 0.389. The molecule has 0 atom stereocenters. The van der Waals surface area contributed by atoms with Gasteiger partial charge in [0.2, 0.25) is 10.0 Å². The van der Waals surface area contributed by atoms with E-state index in [4.69, 9.17) is 0 Å². The lowest BCUT2D eigenvalue weighted by Gasteiger charge is -2.30. The normalized spacial score (nSPS) is 17.0. The maximum absolute atomic E-state index is 12.5. The van der Waals surface area contributed by atoms with Crippen LogP contribution in [0.1, 0.15) is 23.2 Å². The highest BCUT2D eigenvalue weighted by molar-refractivity contribution is 7.88. The van der Waals surface area contributed by atoms with E-state index in [1.54, 1.807) is 0 Å². The number of sulfonamides is 1. The fourth-order valence-electron chi connectivity index (χ4n) is 3.20. The molecule has 1 aliphatic rings. The van der Waals surface area contributed by atoms with Gasteiger partial charge in [-0.3, -0.25) is 4.79 Å². The van der Waals surface area contributed by atoms with Crippen molar-refractivity contribution < 1.29 is 13.2 Å². The van der Waals surface area contributed by atoms with E-state index >= 15 is 0 Å². The Morgan fingerprint density at radius 1 is 1.12 bits per heavy atom. The summed E-state index contributed by atoms with van der Waals surface area (Å²) < 4.78 is 24.6. The molecule has 3 rings (SSSR count). The Labute approximate surface area is 142 Å². The molecule has 128 valence electrons. The van der Waals surface area contributed by atoms with Crippen LogP contribution in [-0.4, -0.2) is 44.5 Å². The van der Waals surface area contributed by atoms with E-state index in [9.17, 15) is 13.2 Å². The van der Waals surface area contributed by atoms with Gasteiger partial charge in [-0.05, 0) is 35.6 Å². The van der Waals surface area contributed by atoms with Gasteiger partial charge in [-0.25, -0.2) is 12.7 Å². The summed E-state index contributed by atoms with van der Waals surface area (Å²) in [4.78, 5) is 12.5. The summed E-state index contributed by atoms with van der Waals surface area (Å²) in [5.74, 6) is 0.249. The van der Waals surface area contributed by atoms with Gasteiger partial charge in [0.05, 0.1) is 6.26 Å². The van der Waals surface area contributed by atoms with Crippen LogP contribution < -0.4 is 5.32 Å². The van der Waals surface area contributed by atoms with Gasteiger partial charge in [-0.15, -0.1) is 0 Å². The second kappa shape index (κ2) is 6.91. The van der Waals surface area contributed by atoms with Crippen molar-refractivity contribution in [3.63, 3.8) is 0 Å². The molecule has 0 bridgehead atoms. The van der Waals surface area contributed by atoms with E-state index in [2.05, 4.69) is 5.32 Å². The number of nitrogens with zero attached hydrogens (tertiary/aromatic N) is 1. The molecule has 0 saturated carbocycles. The molecule has 24 heavy (non-hydrogen) atoms. The summed E-state index contributed by atoms with van der Waals surface area (Å²) in [5.41, 5.74) is 0.682. The van der Waals surface area contributed by atoms with Gasteiger partial charge < -0.3 is 5.32 Å². The number of piperidine rings is 1. The van der Waals surface area contributed by atoms with Crippen LogP contribution in [-0.2, 0) is 10.0 Å². The standard InChI is InChI=1S/C18H22N2O3S/c1-24(22,23)20-11-9-14(10-12-20)13-19-18(21)17-8-4-6-15-5-2-3-7-16(15)17/h2-8,14H,9-13H2,1H3,(H,19,21). The highest BCUT2D eigenvalue weighted by Crippen LogP contribution is 2.20. The Morgan fingerprint density at radius 2 is 1.79 bits per heavy atom. The monoisotopic (exact) mass is 346 g/mol. The Bertz CT molecular complexity index is 835. The molecule has 1 N–H and O–H groups in total. The molecule has 0 spiro atoms. The second-order valence-electron chi connectivity index (χ2n) is 6.34. The first-order valence-corrected chi connectivity index (χ1v) is 10.0. The largest absolute Gasteiger partial charge is 0.352 e. The maximum atomic E-state index is 12.5. The molecule has 5 nitrogen and oxygen atoms in total. The van der Waals surface area contributed by atoms with Crippen molar-refractivity contribution in [2.24, 2.45) is 5.92 Å². The molecule has 1 heterocycles. The fourth-order valence-corrected chi connectivity index (χ4v) is 4.07. The third-order valence-corrected chi connectivity index (χ3v) is 5.93. The summed E-state index contributed by atoms with van der Waals surface area (Å²) in [6.45, 7) is 1.65. The zero-order chi connectivity index (χ0) is 17.2. The number of fused-ring (bicyclic) bond motifs is 1. The third-order valence-electron chi connectivity index (χ3n) is 4.63. The van der Waals surface area contributed by atoms with E-state index < -0.39 is 10.0 Å². The molecular formula is C18H22N2O3S. The number of carbonyl (C=O) groups excluding carboxylic acids is 1. The van der Waals surface area contributed by atoms with Crippen LogP contribution in [0.3, 0.4) is 0 Å². The predicted octanol–water partition coefficient (Wildman–Crippen LogP) is 2.24. The predicted molar refractivity (Wildman–Crippen MR) is 95.4 cm³/mol. The first-order valence-electron chi connectivity index (χ1n) is 8.16. The van der Waals surface area contributed by atoms with Crippen LogP contribution in [0.5, 0.6) is 0 Å². The molecule has 0 aromatic heterocycles. The molecule has 2 aromatic rings. The van der Waals surface area contributed by atoms with Gasteiger partial charge in [-0.1, -0.05) is 36.4 Å². The number of carbonyl (C=O) groups is 1. The minimum atomic E-state index is -3.10. The third kappa shape index (κ3) is 3.76. The van der Waals surface area contributed by atoms with E-state index in [-0.39, 0.29) is 5.91 Å². The molecule has 1 aliphatic heterocycles. The van der Waals surface area contributed by atoms with Crippen molar-refractivity contribution in [2.45, 2.75) is 12.8 Å². The van der Waals surface area contributed by atoms with Crippen molar-refractivity contribution in [1.82, 2.24) is 9.62 Å². The van der Waals surface area contributed by atoms with Crippen molar-refractivity contribution in [1.29, 1.82) is 0 Å². The number of nitrogens with one attached hydrogen (secondary N) is 1. The Morgan fingerprint density at radius 3 is 2.50 bits per heavy atom. The van der Waals surface area contributed by atoms with Crippen molar-refractivity contribution in [3.05, 3.63) is 48.0 Å². The lowest BCUT2D eigenvalue weighted by atomic mass is 9.98. The Hall–Kier alpha value is -1.92. The van der Waals surface area contributed by atoms with Crippen LogP contribution >= 0.6 is 0 Å². The van der Waals surface area contributed by atoms with Gasteiger partial charge in [0, 0.05) is 25.2 Å². The minimum Gasteiger partial charge on any atom is -0.352 e. The molecule has 0 unspecified atom stereocenters. The maximum Gasteiger partial charge on any atom is 0.251 e. The lowest BCUT2D eigenvalue weighted by Crippen LogP contribution is -2.41. The zero-order valence-electron chi connectivity index (χ0n) is 13.7. The SMILES string of the molecule is CS(=O)(=O)N1CCC(CNC(=O)c2cccc3ccccc23)CC1. The van der Waals surface area contributed by atoms with Gasteiger partial charge in [0.1, 0.15) is 0 Å². The smallest absolute Gasteiger partial charge is 0.251 e. The molecule has 0 aliphatic carbocycles. The number of hydrogen-bond donors (Lipinski definition) is 1. The molecule has 6 heteroatoms. The average Bonchev–Trinajstić information content (AvgIpc) is 2.59. The molecule has 1 fully saturated rings. The number of amides is 1. The highest BCUT2D eigenvalue weighted by atomic mass is 32.2. The Balaban J connectivity index is 1.60. The summed E-state index contributed by atoms with van der Waals surface area (Å²) >= 11 is 0. The van der Waals surface area contributed by atoms with Gasteiger partial charge in [0.15, 0.2) is 0 Å². The van der Waals surface area contributed by atoms with Gasteiger partial charge in [-0.2, -0.15) is 0 Å². The molecule has 1 amide bonds. The first kappa shape index (κ1) is 16.9. The average molecular weight is 346 g/mol. The van der Waals surface area contributed by atoms with Crippen molar-refractivity contribution in [3.8, 4) is 0 Å². The van der Waals surface area contributed by atoms with E-state index in [0.717, 1.165) is 23.6 Å². The highest BCUT2D eigenvalue weighted by Gasteiger charge is 2.25. The summed E-state index contributed by atoms with van der Waals surface area (Å²) in [6.07, 6.45) is 2.81. The van der Waals surface area contributed by atoms with Gasteiger partial charge >= 0.3 is 0 Å². The van der Waals surface area contributed by atoms with Crippen LogP contribution in [0, 0.1) is 5.92 Å². The van der Waals surface area contributed by atoms with Crippen molar-refractivity contribution in [2.75, 3.05) is 25.9 Å². The van der Waals surface area contributed by atoms with Crippen LogP contribution in [0.15, 0.2) is 42.5 Å². The summed E-state index contributed by atoms with van der Waals surface area (Å²) in [7, 11) is -3.10. The van der Waals surface area contributed by atoms with Crippen LogP contribution in [0.25, 0.3) is 10.8 Å². The molecule has 0 radical (unpaired) electrons.